The van der Waals surface area contributed by atoms with Crippen LogP contribution in [0.2, 0.25) is 0 Å². The van der Waals surface area contributed by atoms with E-state index in [-0.39, 0.29) is 0 Å². The van der Waals surface area contributed by atoms with Gasteiger partial charge in [0.05, 0.1) is 52.9 Å². The number of nitrogens with zero attached hydrogens (tertiary/aromatic N) is 2. The molecule has 62 heavy (non-hydrogen) atoms. The van der Waals surface area contributed by atoms with E-state index in [1.165, 1.54) is 11.1 Å². The van der Waals surface area contributed by atoms with E-state index in [0.29, 0.717) is 52.9 Å². The highest BCUT2D eigenvalue weighted by Crippen LogP contribution is 2.42. The minimum Gasteiger partial charge on any atom is -0.373 e. The van der Waals surface area contributed by atoms with Crippen LogP contribution < -0.4 is 9.80 Å². The van der Waals surface area contributed by atoms with E-state index in [4.69, 9.17) is 18.9 Å². The highest BCUT2D eigenvalue weighted by atomic mass is 16.5. The van der Waals surface area contributed by atoms with E-state index < -0.39 is 0 Å². The summed E-state index contributed by atoms with van der Waals surface area (Å²) in [6, 6.07) is 43.9. The number of rotatable bonds is 23. The van der Waals surface area contributed by atoms with Crippen molar-refractivity contribution < 1.29 is 18.9 Å². The average Bonchev–Trinajstić information content (AvgIpc) is 3.27. The van der Waals surface area contributed by atoms with Gasteiger partial charge in [-0.15, -0.1) is 26.3 Å². The van der Waals surface area contributed by atoms with Gasteiger partial charge in [-0.05, 0) is 156 Å². The Hall–Kier alpha value is -6.28. The Morgan fingerprint density at radius 1 is 0.371 bits per heavy atom. The lowest BCUT2D eigenvalue weighted by Gasteiger charge is -2.29. The predicted molar refractivity (Wildman–Crippen MR) is 260 cm³/mol. The van der Waals surface area contributed by atoms with E-state index >= 15 is 0 Å². The van der Waals surface area contributed by atoms with Gasteiger partial charge in [0.2, 0.25) is 0 Å². The van der Waals surface area contributed by atoms with Crippen molar-refractivity contribution in [3.8, 4) is 11.1 Å². The fourth-order valence-electron chi connectivity index (χ4n) is 7.50. The van der Waals surface area contributed by atoms with Crippen molar-refractivity contribution in [2.24, 2.45) is 0 Å². The lowest BCUT2D eigenvalue weighted by atomic mass is 9.98. The fraction of sp³-hybridized carbons (Fsp3) is 0.214. The minimum absolute atomic E-state index is 0.517. The van der Waals surface area contributed by atoms with Crippen molar-refractivity contribution in [1.82, 2.24) is 0 Å². The van der Waals surface area contributed by atoms with Crippen LogP contribution in [0.1, 0.15) is 44.5 Å². The zero-order valence-corrected chi connectivity index (χ0v) is 36.9. The maximum absolute atomic E-state index is 5.80. The first-order valence-electron chi connectivity index (χ1n) is 21.2. The van der Waals surface area contributed by atoms with Gasteiger partial charge in [0.1, 0.15) is 0 Å². The van der Waals surface area contributed by atoms with E-state index in [9.17, 15) is 0 Å². The zero-order valence-electron chi connectivity index (χ0n) is 36.9. The Labute approximate surface area is 369 Å². The maximum atomic E-state index is 5.80. The molecule has 0 aliphatic heterocycles. The molecule has 6 nitrogen and oxygen atoms in total. The Bertz CT molecular complexity index is 2280. The molecule has 0 amide bonds. The van der Waals surface area contributed by atoms with Crippen molar-refractivity contribution in [2.75, 3.05) is 36.2 Å². The second-order valence-corrected chi connectivity index (χ2v) is 15.4. The van der Waals surface area contributed by atoms with Gasteiger partial charge in [0.25, 0.3) is 0 Å². The first-order valence-corrected chi connectivity index (χ1v) is 21.2. The molecule has 6 aromatic carbocycles. The average molecular weight is 825 g/mol. The molecule has 0 radical (unpaired) electrons. The molecule has 0 fully saturated rings. The van der Waals surface area contributed by atoms with Gasteiger partial charge in [-0.25, -0.2) is 0 Å². The summed E-state index contributed by atoms with van der Waals surface area (Å²) in [6.45, 7) is 28.0. The van der Waals surface area contributed by atoms with Gasteiger partial charge in [-0.1, -0.05) is 72.8 Å². The number of ether oxygens (including phenoxy) is 4. The molecule has 0 N–H and O–H groups in total. The van der Waals surface area contributed by atoms with Gasteiger partial charge in [0, 0.05) is 34.1 Å². The van der Waals surface area contributed by atoms with Crippen LogP contribution in [0.4, 0.5) is 34.1 Å². The van der Waals surface area contributed by atoms with Crippen LogP contribution in [0.5, 0.6) is 0 Å². The van der Waals surface area contributed by atoms with Crippen LogP contribution in [-0.2, 0) is 45.4 Å². The smallest absolute Gasteiger partial charge is 0.0723 e. The number of benzene rings is 6. The van der Waals surface area contributed by atoms with Crippen molar-refractivity contribution in [3.63, 3.8) is 0 Å². The lowest BCUT2D eigenvalue weighted by Crippen LogP contribution is -2.12. The molecular formula is C56H60N2O4. The second kappa shape index (κ2) is 22.5. The van der Waals surface area contributed by atoms with Gasteiger partial charge in [-0.3, -0.25) is 0 Å². The highest BCUT2D eigenvalue weighted by Gasteiger charge is 2.19. The van der Waals surface area contributed by atoms with Crippen LogP contribution in [-0.4, -0.2) is 26.4 Å². The fourth-order valence-corrected chi connectivity index (χ4v) is 7.50. The molecular weight excluding hydrogens is 765 g/mol. The van der Waals surface area contributed by atoms with Gasteiger partial charge < -0.3 is 28.7 Å². The number of anilines is 6. The van der Waals surface area contributed by atoms with Crippen molar-refractivity contribution in [3.05, 3.63) is 216 Å². The molecule has 6 rings (SSSR count). The summed E-state index contributed by atoms with van der Waals surface area (Å²) in [4.78, 5) is 4.66. The van der Waals surface area contributed by atoms with E-state index in [1.807, 2.05) is 0 Å². The molecule has 0 aromatic heterocycles. The molecule has 0 spiro atoms. The van der Waals surface area contributed by atoms with Gasteiger partial charge in [0.15, 0.2) is 0 Å². The third kappa shape index (κ3) is 11.5. The Morgan fingerprint density at radius 3 is 1.03 bits per heavy atom. The quantitative estimate of drug-likeness (QED) is 0.0474. The van der Waals surface area contributed by atoms with Crippen LogP contribution in [0.25, 0.3) is 11.1 Å². The molecule has 0 aliphatic carbocycles. The molecule has 0 aliphatic rings. The summed E-state index contributed by atoms with van der Waals surface area (Å²) in [6.07, 6.45) is 7.10. The third-order valence-electron chi connectivity index (χ3n) is 10.8. The molecule has 0 saturated carbocycles. The first kappa shape index (κ1) is 45.3. The van der Waals surface area contributed by atoms with Crippen LogP contribution in [0.15, 0.2) is 172 Å². The Balaban J connectivity index is 1.34. The van der Waals surface area contributed by atoms with E-state index in [1.54, 1.807) is 24.3 Å². The summed E-state index contributed by atoms with van der Waals surface area (Å²) < 4.78 is 23.1. The van der Waals surface area contributed by atoms with Crippen molar-refractivity contribution in [1.29, 1.82) is 0 Å². The summed E-state index contributed by atoms with van der Waals surface area (Å²) >= 11 is 0. The number of hydrogen-bond acceptors (Lipinski definition) is 6. The normalized spacial score (nSPS) is 11.0. The van der Waals surface area contributed by atoms with Crippen molar-refractivity contribution in [2.45, 2.75) is 54.1 Å². The van der Waals surface area contributed by atoms with Crippen molar-refractivity contribution >= 4 is 34.1 Å². The summed E-state index contributed by atoms with van der Waals surface area (Å²) in [7, 11) is 0. The third-order valence-corrected chi connectivity index (χ3v) is 10.8. The summed E-state index contributed by atoms with van der Waals surface area (Å²) in [5.74, 6) is 0. The van der Waals surface area contributed by atoms with E-state index in [0.717, 1.165) is 78.6 Å². The van der Waals surface area contributed by atoms with Gasteiger partial charge in [-0.2, -0.15) is 0 Å². The predicted octanol–water partition coefficient (Wildman–Crippen LogP) is 14.3. The maximum Gasteiger partial charge on any atom is 0.0723 e. The minimum atomic E-state index is 0.517. The molecule has 0 saturated heterocycles. The number of hydrogen-bond donors (Lipinski definition) is 0. The first-order chi connectivity index (χ1) is 30.2. The molecule has 0 heterocycles. The molecule has 318 valence electrons. The topological polar surface area (TPSA) is 43.4 Å². The zero-order chi connectivity index (χ0) is 43.8. The van der Waals surface area contributed by atoms with Crippen LogP contribution in [0.3, 0.4) is 0 Å². The highest BCUT2D eigenvalue weighted by molar-refractivity contribution is 5.83. The Kier molecular flexibility index (Phi) is 16.4. The molecule has 6 heteroatoms. The summed E-state index contributed by atoms with van der Waals surface area (Å²) in [5.41, 5.74) is 18.0. The monoisotopic (exact) mass is 824 g/mol. The van der Waals surface area contributed by atoms with Gasteiger partial charge >= 0.3 is 0 Å². The standard InChI is InChI=1S/C56H60N2O4/c1-9-29-59-37-45-13-21-51(22-14-45)57(53-25-17-49(41(5)35-53)39-61-31-11-3)55-27-19-47(33-43(55)7)48-20-28-56(44(8)34-48)58(52-23-15-46(16-24-52)38-60-30-10-2)54-26-18-50(42(6)36-54)40-62-32-12-4/h9-28,33-36H,1-4,29-32,37-40H2,5-8H3. The van der Waals surface area contributed by atoms with Crippen LogP contribution in [0, 0.1) is 27.7 Å². The molecule has 6 aromatic rings. The second-order valence-electron chi connectivity index (χ2n) is 15.4. The van der Waals surface area contributed by atoms with E-state index in [2.05, 4.69) is 185 Å². The SMILES string of the molecule is C=CCOCc1ccc(N(c2ccc(COCC=C)c(C)c2)c2ccc(-c3ccc(N(c4ccc(COCC=C)cc4)c4ccc(COCC=C)c(C)c4)c(C)c3)cc2C)cc1. The molecule has 0 unspecified atom stereocenters. The van der Waals surface area contributed by atoms with Crippen LogP contribution >= 0.6 is 0 Å². The molecule has 0 bridgehead atoms. The largest absolute Gasteiger partial charge is 0.373 e. The lowest BCUT2D eigenvalue weighted by molar-refractivity contribution is 0.148. The summed E-state index contributed by atoms with van der Waals surface area (Å²) in [5, 5.41) is 0. The Morgan fingerprint density at radius 2 is 0.710 bits per heavy atom. The molecule has 0 atom stereocenters. The number of aryl methyl sites for hydroxylation is 4.